The first-order chi connectivity index (χ1) is 18.1. The Morgan fingerprint density at radius 3 is 1.47 bits per heavy atom. The second-order valence-electron chi connectivity index (χ2n) is 12.9. The van der Waals surface area contributed by atoms with Crippen molar-refractivity contribution in [3.05, 3.63) is 80.8 Å². The van der Waals surface area contributed by atoms with Crippen molar-refractivity contribution in [3.8, 4) is 22.3 Å². The van der Waals surface area contributed by atoms with Gasteiger partial charge in [-0.3, -0.25) is 0 Å². The van der Waals surface area contributed by atoms with Crippen molar-refractivity contribution >= 4 is 15.9 Å². The highest BCUT2D eigenvalue weighted by molar-refractivity contribution is 9.10. The van der Waals surface area contributed by atoms with Gasteiger partial charge < -0.3 is 9.47 Å². The van der Waals surface area contributed by atoms with Gasteiger partial charge in [-0.25, -0.2) is 0 Å². The fraction of sp³-hybridized carbons (Fsp3) is 0.486. The molecular formula is C35H41BrO2. The largest absolute Gasteiger partial charge is 0.346 e. The summed E-state index contributed by atoms with van der Waals surface area (Å²) in [4.78, 5) is 0. The SMILES string of the molecule is CC(C)C1(C(C)C)c2cc(Br)ccc2-c2cc3c(cc21)-c1ccc(C2OCCO2)cc1C3(C(C)C)C(C)C. The van der Waals surface area contributed by atoms with E-state index in [0.717, 1.165) is 10.0 Å². The van der Waals surface area contributed by atoms with Crippen molar-refractivity contribution < 1.29 is 9.47 Å². The van der Waals surface area contributed by atoms with E-state index in [4.69, 9.17) is 9.47 Å². The summed E-state index contributed by atoms with van der Waals surface area (Å²) in [6.45, 7) is 20.5. The van der Waals surface area contributed by atoms with Gasteiger partial charge >= 0.3 is 0 Å². The van der Waals surface area contributed by atoms with Crippen LogP contribution in [0.25, 0.3) is 22.3 Å². The minimum absolute atomic E-state index is 0.0317. The summed E-state index contributed by atoms with van der Waals surface area (Å²) >= 11 is 3.81. The third-order valence-corrected chi connectivity index (χ3v) is 10.6. The smallest absolute Gasteiger partial charge is 0.184 e. The highest BCUT2D eigenvalue weighted by Crippen LogP contribution is 2.63. The quantitative estimate of drug-likeness (QED) is 0.303. The lowest BCUT2D eigenvalue weighted by Gasteiger charge is -2.42. The Labute approximate surface area is 237 Å². The summed E-state index contributed by atoms with van der Waals surface area (Å²) in [6.07, 6.45) is -0.258. The van der Waals surface area contributed by atoms with Gasteiger partial charge in [0, 0.05) is 20.9 Å². The number of halogens is 1. The molecule has 2 nitrogen and oxygen atoms in total. The molecule has 200 valence electrons. The first-order valence-corrected chi connectivity index (χ1v) is 15.2. The molecule has 6 rings (SSSR count). The molecule has 2 aliphatic carbocycles. The molecule has 3 aliphatic rings. The zero-order valence-corrected chi connectivity index (χ0v) is 25.7. The molecular weight excluding hydrogens is 532 g/mol. The lowest BCUT2D eigenvalue weighted by molar-refractivity contribution is -0.0442. The summed E-state index contributed by atoms with van der Waals surface area (Å²) in [5, 5.41) is 0. The van der Waals surface area contributed by atoms with E-state index in [9.17, 15) is 0 Å². The molecule has 1 saturated heterocycles. The van der Waals surface area contributed by atoms with Gasteiger partial charge in [-0.1, -0.05) is 89.5 Å². The van der Waals surface area contributed by atoms with Crippen LogP contribution in [0, 0.1) is 23.7 Å². The molecule has 0 atom stereocenters. The molecule has 0 radical (unpaired) electrons. The molecule has 3 aromatic carbocycles. The maximum atomic E-state index is 5.93. The summed E-state index contributed by atoms with van der Waals surface area (Å²) in [5.74, 6) is 1.81. The van der Waals surface area contributed by atoms with Crippen LogP contribution in [0.5, 0.6) is 0 Å². The van der Waals surface area contributed by atoms with Gasteiger partial charge in [-0.2, -0.15) is 0 Å². The van der Waals surface area contributed by atoms with Crippen molar-refractivity contribution in [2.45, 2.75) is 72.5 Å². The van der Waals surface area contributed by atoms with Crippen LogP contribution in [-0.4, -0.2) is 13.2 Å². The Morgan fingerprint density at radius 1 is 0.579 bits per heavy atom. The van der Waals surface area contributed by atoms with Crippen LogP contribution in [-0.2, 0) is 20.3 Å². The fourth-order valence-corrected chi connectivity index (χ4v) is 9.13. The lowest BCUT2D eigenvalue weighted by Crippen LogP contribution is -2.38. The van der Waals surface area contributed by atoms with Gasteiger partial charge in [0.2, 0.25) is 0 Å². The van der Waals surface area contributed by atoms with Gasteiger partial charge in [-0.05, 0) is 98.5 Å². The molecule has 1 fully saturated rings. The number of benzene rings is 3. The molecule has 0 aromatic heterocycles. The van der Waals surface area contributed by atoms with Gasteiger partial charge in [0.25, 0.3) is 0 Å². The maximum absolute atomic E-state index is 5.93. The van der Waals surface area contributed by atoms with Crippen LogP contribution >= 0.6 is 15.9 Å². The van der Waals surface area contributed by atoms with Gasteiger partial charge in [-0.15, -0.1) is 0 Å². The molecule has 0 amide bonds. The van der Waals surface area contributed by atoms with Gasteiger partial charge in [0.15, 0.2) is 6.29 Å². The molecule has 0 unspecified atom stereocenters. The number of hydrogen-bond acceptors (Lipinski definition) is 2. The monoisotopic (exact) mass is 572 g/mol. The van der Waals surface area contributed by atoms with Crippen molar-refractivity contribution in [1.29, 1.82) is 0 Å². The summed E-state index contributed by atoms with van der Waals surface area (Å²) in [7, 11) is 0. The van der Waals surface area contributed by atoms with E-state index in [1.54, 1.807) is 0 Å². The Morgan fingerprint density at radius 2 is 1.00 bits per heavy atom. The number of fused-ring (bicyclic) bond motifs is 6. The summed E-state index contributed by atoms with van der Waals surface area (Å²) in [6, 6.07) is 19.1. The highest BCUT2D eigenvalue weighted by Gasteiger charge is 2.52. The highest BCUT2D eigenvalue weighted by atomic mass is 79.9. The van der Waals surface area contributed by atoms with Crippen LogP contribution in [0.15, 0.2) is 53.0 Å². The van der Waals surface area contributed by atoms with E-state index in [1.807, 2.05) is 0 Å². The minimum atomic E-state index is -0.258. The average Bonchev–Trinajstić information content (AvgIpc) is 3.55. The van der Waals surface area contributed by atoms with Crippen LogP contribution in [0.2, 0.25) is 0 Å². The molecule has 0 N–H and O–H groups in total. The number of rotatable bonds is 5. The van der Waals surface area contributed by atoms with Gasteiger partial charge in [0.05, 0.1) is 13.2 Å². The molecule has 0 spiro atoms. The van der Waals surface area contributed by atoms with Crippen LogP contribution < -0.4 is 0 Å². The first-order valence-electron chi connectivity index (χ1n) is 14.4. The summed E-state index contributed by atoms with van der Waals surface area (Å²) in [5.41, 5.74) is 12.5. The minimum Gasteiger partial charge on any atom is -0.346 e. The number of ether oxygens (including phenoxy) is 2. The third kappa shape index (κ3) is 3.25. The topological polar surface area (TPSA) is 18.5 Å². The molecule has 0 saturated carbocycles. The fourth-order valence-electron chi connectivity index (χ4n) is 8.77. The van der Waals surface area contributed by atoms with E-state index in [0.29, 0.717) is 36.9 Å². The number of hydrogen-bond donors (Lipinski definition) is 0. The zero-order chi connectivity index (χ0) is 27.1. The normalized spacial score (nSPS) is 19.0. The molecule has 3 heteroatoms. The second-order valence-corrected chi connectivity index (χ2v) is 13.8. The second kappa shape index (κ2) is 9.04. The predicted molar refractivity (Wildman–Crippen MR) is 161 cm³/mol. The molecule has 0 bridgehead atoms. The Bertz CT molecular complexity index is 1390. The van der Waals surface area contributed by atoms with Crippen LogP contribution in [0.1, 0.15) is 89.5 Å². The zero-order valence-electron chi connectivity index (χ0n) is 24.1. The Balaban J connectivity index is 1.69. The average molecular weight is 574 g/mol. The van der Waals surface area contributed by atoms with E-state index in [2.05, 4.69) is 120 Å². The van der Waals surface area contributed by atoms with Gasteiger partial charge in [0.1, 0.15) is 0 Å². The van der Waals surface area contributed by atoms with Crippen molar-refractivity contribution in [1.82, 2.24) is 0 Å². The Hall–Kier alpha value is -1.94. The standard InChI is InChI=1S/C35H41BrO2/c1-19(2)34(20(3)4)29-15-23(33-37-13-14-38-33)9-11-25(29)27-17-32-28(18-31(27)34)26-12-10-24(36)16-30(26)35(32,21(5)6)22(7)8/h9-12,15-22,33H,13-14H2,1-8H3. The van der Waals surface area contributed by atoms with E-state index >= 15 is 0 Å². The van der Waals surface area contributed by atoms with E-state index in [-0.39, 0.29) is 17.1 Å². The van der Waals surface area contributed by atoms with Crippen LogP contribution in [0.4, 0.5) is 0 Å². The molecule has 1 heterocycles. The third-order valence-electron chi connectivity index (χ3n) is 10.1. The van der Waals surface area contributed by atoms with Crippen molar-refractivity contribution in [3.63, 3.8) is 0 Å². The lowest BCUT2D eigenvalue weighted by atomic mass is 9.61. The Kier molecular flexibility index (Phi) is 6.26. The predicted octanol–water partition coefficient (Wildman–Crippen LogP) is 9.65. The molecule has 3 aromatic rings. The van der Waals surface area contributed by atoms with Crippen LogP contribution in [0.3, 0.4) is 0 Å². The van der Waals surface area contributed by atoms with E-state index in [1.165, 1.54) is 44.5 Å². The van der Waals surface area contributed by atoms with E-state index < -0.39 is 0 Å². The van der Waals surface area contributed by atoms with Crippen molar-refractivity contribution in [2.24, 2.45) is 23.7 Å². The first kappa shape index (κ1) is 26.3. The van der Waals surface area contributed by atoms with Crippen molar-refractivity contribution in [2.75, 3.05) is 13.2 Å². The molecule has 1 aliphatic heterocycles. The summed E-state index contributed by atoms with van der Waals surface area (Å²) < 4.78 is 13.0. The molecule has 38 heavy (non-hydrogen) atoms. The maximum Gasteiger partial charge on any atom is 0.184 e.